The molecule has 0 unspecified atom stereocenters. The first-order valence-corrected chi connectivity index (χ1v) is 7.51. The quantitative estimate of drug-likeness (QED) is 0.791. The van der Waals surface area contributed by atoms with Crippen molar-refractivity contribution in [2.24, 2.45) is 0 Å². The number of thiazole rings is 1. The number of hydrogen-bond acceptors (Lipinski definition) is 5. The summed E-state index contributed by atoms with van der Waals surface area (Å²) in [6, 6.07) is 9.17. The Hall–Kier alpha value is -2.60. The molecule has 0 aliphatic heterocycles. The maximum atomic E-state index is 11.9. The molecule has 1 amide bonds. The van der Waals surface area contributed by atoms with Crippen LogP contribution in [0.25, 0.3) is 11.3 Å². The SMILES string of the molecule is COc1ccc(C)cc1-c1csc(NC(=O)c2ccco2)n1. The highest BCUT2D eigenvalue weighted by atomic mass is 32.1. The van der Waals surface area contributed by atoms with Crippen LogP contribution in [0.5, 0.6) is 5.75 Å². The summed E-state index contributed by atoms with van der Waals surface area (Å²) >= 11 is 1.35. The lowest BCUT2D eigenvalue weighted by Gasteiger charge is -2.07. The predicted octanol–water partition coefficient (Wildman–Crippen LogP) is 3.97. The summed E-state index contributed by atoms with van der Waals surface area (Å²) in [4.78, 5) is 16.4. The normalized spacial score (nSPS) is 10.5. The van der Waals surface area contributed by atoms with E-state index in [0.717, 1.165) is 22.6 Å². The molecule has 0 bridgehead atoms. The summed E-state index contributed by atoms with van der Waals surface area (Å²) in [6.07, 6.45) is 1.46. The molecular formula is C16H14N2O3S. The molecule has 0 saturated carbocycles. The molecule has 5 nitrogen and oxygen atoms in total. The van der Waals surface area contributed by atoms with Crippen LogP contribution in [0.1, 0.15) is 16.1 Å². The van der Waals surface area contributed by atoms with Gasteiger partial charge in [0, 0.05) is 10.9 Å². The Kier molecular flexibility index (Phi) is 3.93. The van der Waals surface area contributed by atoms with Gasteiger partial charge in [0.1, 0.15) is 5.75 Å². The third-order valence-electron chi connectivity index (χ3n) is 3.10. The smallest absolute Gasteiger partial charge is 0.293 e. The van der Waals surface area contributed by atoms with Gasteiger partial charge in [-0.25, -0.2) is 4.98 Å². The Labute approximate surface area is 131 Å². The first-order chi connectivity index (χ1) is 10.7. The van der Waals surface area contributed by atoms with Gasteiger partial charge in [-0.15, -0.1) is 11.3 Å². The molecule has 0 aliphatic rings. The maximum Gasteiger partial charge on any atom is 0.293 e. The molecule has 0 spiro atoms. The number of nitrogens with one attached hydrogen (secondary N) is 1. The highest BCUT2D eigenvalue weighted by molar-refractivity contribution is 7.14. The van der Waals surface area contributed by atoms with E-state index in [1.807, 2.05) is 30.5 Å². The van der Waals surface area contributed by atoms with Gasteiger partial charge >= 0.3 is 0 Å². The van der Waals surface area contributed by atoms with E-state index in [2.05, 4.69) is 10.3 Å². The van der Waals surface area contributed by atoms with E-state index >= 15 is 0 Å². The summed E-state index contributed by atoms with van der Waals surface area (Å²) in [7, 11) is 1.63. The molecule has 0 fully saturated rings. The van der Waals surface area contributed by atoms with Crippen LogP contribution in [0.2, 0.25) is 0 Å². The molecule has 0 atom stereocenters. The lowest BCUT2D eigenvalue weighted by atomic mass is 10.1. The van der Waals surface area contributed by atoms with Crippen LogP contribution in [0, 0.1) is 6.92 Å². The van der Waals surface area contributed by atoms with E-state index in [-0.39, 0.29) is 11.7 Å². The van der Waals surface area contributed by atoms with E-state index in [1.165, 1.54) is 17.6 Å². The van der Waals surface area contributed by atoms with Crippen molar-refractivity contribution in [3.63, 3.8) is 0 Å². The molecular weight excluding hydrogens is 300 g/mol. The minimum atomic E-state index is -0.317. The molecule has 0 aliphatic carbocycles. The number of methoxy groups -OCH3 is 1. The summed E-state index contributed by atoms with van der Waals surface area (Å²) in [5.74, 6) is 0.687. The van der Waals surface area contributed by atoms with Crippen LogP contribution in [-0.4, -0.2) is 18.0 Å². The lowest BCUT2D eigenvalue weighted by molar-refractivity contribution is 0.0996. The molecule has 0 saturated heterocycles. The standard InChI is InChI=1S/C16H14N2O3S/c1-10-5-6-13(20-2)11(8-10)12-9-22-16(17-12)18-15(19)14-4-3-7-21-14/h3-9H,1-2H3,(H,17,18,19). The number of amides is 1. The minimum Gasteiger partial charge on any atom is -0.496 e. The Morgan fingerprint density at radius 3 is 2.95 bits per heavy atom. The van der Waals surface area contributed by atoms with Crippen molar-refractivity contribution in [2.45, 2.75) is 6.92 Å². The average molecular weight is 314 g/mol. The number of hydrogen-bond donors (Lipinski definition) is 1. The zero-order chi connectivity index (χ0) is 15.5. The van der Waals surface area contributed by atoms with Crippen LogP contribution in [0.15, 0.2) is 46.4 Å². The first kappa shape index (κ1) is 14.3. The third kappa shape index (κ3) is 2.87. The van der Waals surface area contributed by atoms with Gasteiger partial charge in [-0.2, -0.15) is 0 Å². The van der Waals surface area contributed by atoms with Gasteiger partial charge in [-0.1, -0.05) is 11.6 Å². The Bertz CT molecular complexity index is 794. The fraction of sp³-hybridized carbons (Fsp3) is 0.125. The monoisotopic (exact) mass is 314 g/mol. The second kappa shape index (κ2) is 6.03. The van der Waals surface area contributed by atoms with Crippen molar-refractivity contribution in [1.82, 2.24) is 4.98 Å². The molecule has 3 rings (SSSR count). The van der Waals surface area contributed by atoms with Gasteiger partial charge in [-0.05, 0) is 31.2 Å². The van der Waals surface area contributed by atoms with Crippen molar-refractivity contribution in [3.8, 4) is 17.0 Å². The average Bonchev–Trinajstić information content (AvgIpc) is 3.18. The zero-order valence-electron chi connectivity index (χ0n) is 12.1. The van der Waals surface area contributed by atoms with E-state index in [4.69, 9.17) is 9.15 Å². The van der Waals surface area contributed by atoms with Crippen LogP contribution in [-0.2, 0) is 0 Å². The molecule has 3 aromatic rings. The molecule has 22 heavy (non-hydrogen) atoms. The maximum absolute atomic E-state index is 11.9. The third-order valence-corrected chi connectivity index (χ3v) is 3.86. The Balaban J connectivity index is 1.85. The largest absolute Gasteiger partial charge is 0.496 e. The molecule has 2 heterocycles. The summed E-state index contributed by atoms with van der Waals surface area (Å²) < 4.78 is 10.4. The second-order valence-corrected chi connectivity index (χ2v) is 5.53. The van der Waals surface area contributed by atoms with Crippen LogP contribution >= 0.6 is 11.3 Å². The van der Waals surface area contributed by atoms with Gasteiger partial charge < -0.3 is 9.15 Å². The summed E-state index contributed by atoms with van der Waals surface area (Å²) in [5.41, 5.74) is 2.78. The van der Waals surface area contributed by atoms with Crippen LogP contribution < -0.4 is 10.1 Å². The molecule has 6 heteroatoms. The highest BCUT2D eigenvalue weighted by Crippen LogP contribution is 2.33. The number of benzene rings is 1. The van der Waals surface area contributed by atoms with E-state index < -0.39 is 0 Å². The predicted molar refractivity (Wildman–Crippen MR) is 85.5 cm³/mol. The zero-order valence-corrected chi connectivity index (χ0v) is 12.9. The van der Waals surface area contributed by atoms with Crippen molar-refractivity contribution in [2.75, 3.05) is 12.4 Å². The van der Waals surface area contributed by atoms with Gasteiger partial charge in [0.25, 0.3) is 5.91 Å². The second-order valence-electron chi connectivity index (χ2n) is 4.67. The van der Waals surface area contributed by atoms with Gasteiger partial charge in [0.05, 0.1) is 19.1 Å². The van der Waals surface area contributed by atoms with Crippen molar-refractivity contribution in [3.05, 3.63) is 53.3 Å². The number of rotatable bonds is 4. The van der Waals surface area contributed by atoms with E-state index in [1.54, 1.807) is 19.2 Å². The first-order valence-electron chi connectivity index (χ1n) is 6.63. The number of aryl methyl sites for hydroxylation is 1. The number of anilines is 1. The van der Waals surface area contributed by atoms with Gasteiger partial charge in [-0.3, -0.25) is 10.1 Å². The minimum absolute atomic E-state index is 0.255. The summed E-state index contributed by atoms with van der Waals surface area (Å²) in [5, 5.41) is 5.12. The number of aromatic nitrogens is 1. The van der Waals surface area contributed by atoms with Crippen molar-refractivity contribution >= 4 is 22.4 Å². The molecule has 2 aromatic heterocycles. The highest BCUT2D eigenvalue weighted by Gasteiger charge is 2.14. The number of carbonyl (C=O) groups is 1. The molecule has 1 aromatic carbocycles. The number of nitrogens with zero attached hydrogens (tertiary/aromatic N) is 1. The number of ether oxygens (including phenoxy) is 1. The van der Waals surface area contributed by atoms with Gasteiger partial charge in [0.2, 0.25) is 0 Å². The number of carbonyl (C=O) groups excluding carboxylic acids is 1. The van der Waals surface area contributed by atoms with Crippen LogP contribution in [0.3, 0.4) is 0 Å². The molecule has 0 radical (unpaired) electrons. The Morgan fingerprint density at radius 2 is 2.23 bits per heavy atom. The van der Waals surface area contributed by atoms with E-state index in [0.29, 0.717) is 5.13 Å². The fourth-order valence-corrected chi connectivity index (χ4v) is 2.75. The van der Waals surface area contributed by atoms with E-state index in [9.17, 15) is 4.79 Å². The van der Waals surface area contributed by atoms with Crippen molar-refractivity contribution in [1.29, 1.82) is 0 Å². The topological polar surface area (TPSA) is 64.4 Å². The lowest BCUT2D eigenvalue weighted by Crippen LogP contribution is -2.10. The Morgan fingerprint density at radius 1 is 1.36 bits per heavy atom. The number of furan rings is 1. The van der Waals surface area contributed by atoms with Crippen molar-refractivity contribution < 1.29 is 13.9 Å². The molecule has 1 N–H and O–H groups in total. The van der Waals surface area contributed by atoms with Gasteiger partial charge in [0.15, 0.2) is 10.9 Å². The fourth-order valence-electron chi connectivity index (χ4n) is 2.04. The van der Waals surface area contributed by atoms with Crippen LogP contribution in [0.4, 0.5) is 5.13 Å². The summed E-state index contributed by atoms with van der Waals surface area (Å²) in [6.45, 7) is 2.01. The molecule has 112 valence electrons.